The zero-order chi connectivity index (χ0) is 11.7. The van der Waals surface area contributed by atoms with Crippen LogP contribution in [0.5, 0.6) is 5.75 Å². The molecule has 16 heavy (non-hydrogen) atoms. The second-order valence-electron chi connectivity index (χ2n) is 4.27. The van der Waals surface area contributed by atoms with Crippen LogP contribution in [0, 0.1) is 18.7 Å². The van der Waals surface area contributed by atoms with Crippen LogP contribution in [0.15, 0.2) is 12.1 Å². The molecule has 3 nitrogen and oxygen atoms in total. The molecule has 0 atom stereocenters. The predicted octanol–water partition coefficient (Wildman–Crippen LogP) is 1.98. The number of amides is 1. The first-order chi connectivity index (χ1) is 7.58. The molecule has 0 aromatic heterocycles. The number of carbonyl (C=O) groups is 1. The van der Waals surface area contributed by atoms with Gasteiger partial charge in [0.2, 0.25) is 0 Å². The smallest absolute Gasteiger partial charge is 0.254 e. The van der Waals surface area contributed by atoms with Crippen molar-refractivity contribution in [2.24, 2.45) is 5.92 Å². The highest BCUT2D eigenvalue weighted by atomic mass is 19.1. The van der Waals surface area contributed by atoms with Gasteiger partial charge in [0.25, 0.3) is 5.91 Å². The van der Waals surface area contributed by atoms with Crippen molar-refractivity contribution in [1.29, 1.82) is 0 Å². The maximum atomic E-state index is 13.4. The number of aryl methyl sites for hydroxylation is 1. The van der Waals surface area contributed by atoms with Crippen molar-refractivity contribution >= 4 is 5.91 Å². The lowest BCUT2D eigenvalue weighted by atomic mass is 10.1. The van der Waals surface area contributed by atoms with Gasteiger partial charge in [-0.25, -0.2) is 4.39 Å². The molecule has 0 aliphatic heterocycles. The average molecular weight is 223 g/mol. The molecule has 0 bridgehead atoms. The van der Waals surface area contributed by atoms with Gasteiger partial charge in [-0.15, -0.1) is 0 Å². The van der Waals surface area contributed by atoms with Crippen molar-refractivity contribution < 1.29 is 14.3 Å². The van der Waals surface area contributed by atoms with Crippen LogP contribution in [0.3, 0.4) is 0 Å². The third-order valence-corrected chi connectivity index (χ3v) is 2.78. The van der Waals surface area contributed by atoms with E-state index in [1.807, 2.05) is 0 Å². The molecule has 1 aromatic carbocycles. The maximum absolute atomic E-state index is 13.4. The first kappa shape index (κ1) is 10.9. The van der Waals surface area contributed by atoms with Crippen molar-refractivity contribution in [2.45, 2.75) is 19.8 Å². The molecule has 0 saturated heterocycles. The highest BCUT2D eigenvalue weighted by molar-refractivity contribution is 5.95. The number of benzene rings is 1. The van der Waals surface area contributed by atoms with E-state index in [0.29, 0.717) is 18.0 Å². The summed E-state index contributed by atoms with van der Waals surface area (Å²) < 4.78 is 13.4. The molecule has 1 aromatic rings. The van der Waals surface area contributed by atoms with Gasteiger partial charge in [-0.05, 0) is 43.4 Å². The fourth-order valence-corrected chi connectivity index (χ4v) is 1.49. The molecule has 1 fully saturated rings. The van der Waals surface area contributed by atoms with Gasteiger partial charge in [-0.3, -0.25) is 4.79 Å². The second-order valence-corrected chi connectivity index (χ2v) is 4.27. The van der Waals surface area contributed by atoms with Crippen molar-refractivity contribution in [3.05, 3.63) is 29.1 Å². The van der Waals surface area contributed by atoms with Gasteiger partial charge in [-0.2, -0.15) is 0 Å². The van der Waals surface area contributed by atoms with Crippen molar-refractivity contribution in [3.63, 3.8) is 0 Å². The van der Waals surface area contributed by atoms with E-state index in [4.69, 9.17) is 0 Å². The van der Waals surface area contributed by atoms with Gasteiger partial charge >= 0.3 is 0 Å². The maximum Gasteiger partial charge on any atom is 0.254 e. The minimum absolute atomic E-state index is 0.0574. The number of halogens is 1. The van der Waals surface area contributed by atoms with Gasteiger partial charge in [0.15, 0.2) is 0 Å². The first-order valence-corrected chi connectivity index (χ1v) is 5.35. The monoisotopic (exact) mass is 223 g/mol. The zero-order valence-corrected chi connectivity index (χ0v) is 9.09. The van der Waals surface area contributed by atoms with Gasteiger partial charge in [0, 0.05) is 6.54 Å². The third-order valence-electron chi connectivity index (χ3n) is 2.78. The van der Waals surface area contributed by atoms with Crippen molar-refractivity contribution in [3.8, 4) is 5.75 Å². The van der Waals surface area contributed by atoms with Crippen LogP contribution in [0.25, 0.3) is 0 Å². The van der Waals surface area contributed by atoms with E-state index >= 15 is 0 Å². The standard InChI is InChI=1S/C12H14FNO2/c1-7-4-10(13)9(5-11(7)15)12(16)14-6-8-2-3-8/h4-5,8,15H,2-3,6H2,1H3,(H,14,16). The normalized spacial score (nSPS) is 14.9. The van der Waals surface area contributed by atoms with E-state index in [1.54, 1.807) is 6.92 Å². The van der Waals surface area contributed by atoms with Crippen LogP contribution < -0.4 is 5.32 Å². The molecular weight excluding hydrogens is 209 g/mol. The number of carbonyl (C=O) groups excluding carboxylic acids is 1. The lowest BCUT2D eigenvalue weighted by Gasteiger charge is -2.07. The Kier molecular flexibility index (Phi) is 2.81. The van der Waals surface area contributed by atoms with Gasteiger partial charge in [0.1, 0.15) is 11.6 Å². The first-order valence-electron chi connectivity index (χ1n) is 5.35. The molecule has 0 radical (unpaired) electrons. The summed E-state index contributed by atoms with van der Waals surface area (Å²) in [4.78, 5) is 11.6. The lowest BCUT2D eigenvalue weighted by Crippen LogP contribution is -2.26. The molecule has 86 valence electrons. The number of rotatable bonds is 3. The topological polar surface area (TPSA) is 49.3 Å². The Morgan fingerprint density at radius 2 is 2.25 bits per heavy atom. The van der Waals surface area contributed by atoms with Gasteiger partial charge in [0.05, 0.1) is 5.56 Å². The number of hydrogen-bond acceptors (Lipinski definition) is 2. The SMILES string of the molecule is Cc1cc(F)c(C(=O)NCC2CC2)cc1O. The second kappa shape index (κ2) is 4.12. The Balaban J connectivity index is 2.11. The number of aromatic hydroxyl groups is 1. The summed E-state index contributed by atoms with van der Waals surface area (Å²) in [5.41, 5.74) is 0.333. The number of phenols is 1. The molecule has 2 N–H and O–H groups in total. The Labute approximate surface area is 93.3 Å². The number of phenolic OH excluding ortho intramolecular Hbond substituents is 1. The van der Waals surface area contributed by atoms with Crippen LogP contribution in [0.1, 0.15) is 28.8 Å². The van der Waals surface area contributed by atoms with Crippen LogP contribution in [-0.4, -0.2) is 17.6 Å². The Morgan fingerprint density at radius 3 is 2.88 bits per heavy atom. The highest BCUT2D eigenvalue weighted by Crippen LogP contribution is 2.28. The molecule has 2 rings (SSSR count). The predicted molar refractivity (Wildman–Crippen MR) is 57.9 cm³/mol. The van der Waals surface area contributed by atoms with Crippen LogP contribution in [0.2, 0.25) is 0 Å². The molecule has 1 aliphatic carbocycles. The van der Waals surface area contributed by atoms with E-state index in [-0.39, 0.29) is 11.3 Å². The summed E-state index contributed by atoms with van der Waals surface area (Å²) in [5.74, 6) is -0.563. The minimum Gasteiger partial charge on any atom is -0.508 e. The largest absolute Gasteiger partial charge is 0.508 e. The Morgan fingerprint density at radius 1 is 1.56 bits per heavy atom. The zero-order valence-electron chi connectivity index (χ0n) is 9.09. The quantitative estimate of drug-likeness (QED) is 0.823. The Bertz CT molecular complexity index is 427. The minimum atomic E-state index is -0.594. The van der Waals surface area contributed by atoms with Gasteiger partial charge < -0.3 is 10.4 Å². The molecule has 0 unspecified atom stereocenters. The van der Waals surface area contributed by atoms with E-state index < -0.39 is 11.7 Å². The molecule has 4 heteroatoms. The average Bonchev–Trinajstić information content (AvgIpc) is 3.03. The number of nitrogens with one attached hydrogen (secondary N) is 1. The van der Waals surface area contributed by atoms with E-state index in [1.165, 1.54) is 12.1 Å². The third kappa shape index (κ3) is 2.32. The number of hydrogen-bond donors (Lipinski definition) is 2. The van der Waals surface area contributed by atoms with Crippen LogP contribution in [-0.2, 0) is 0 Å². The van der Waals surface area contributed by atoms with Crippen LogP contribution in [0.4, 0.5) is 4.39 Å². The summed E-state index contributed by atoms with van der Waals surface area (Å²) in [6, 6.07) is 2.34. The van der Waals surface area contributed by atoms with E-state index in [9.17, 15) is 14.3 Å². The highest BCUT2D eigenvalue weighted by Gasteiger charge is 2.22. The summed E-state index contributed by atoms with van der Waals surface area (Å²) in [5, 5.41) is 12.1. The van der Waals surface area contributed by atoms with Crippen molar-refractivity contribution in [1.82, 2.24) is 5.32 Å². The molecule has 1 amide bonds. The molecule has 1 aliphatic rings. The fraction of sp³-hybridized carbons (Fsp3) is 0.417. The van der Waals surface area contributed by atoms with Crippen LogP contribution >= 0.6 is 0 Å². The molecule has 0 spiro atoms. The summed E-state index contributed by atoms with van der Waals surface area (Å²) >= 11 is 0. The summed E-state index contributed by atoms with van der Waals surface area (Å²) in [6.07, 6.45) is 2.25. The lowest BCUT2D eigenvalue weighted by molar-refractivity contribution is 0.0947. The molecule has 1 saturated carbocycles. The molecule has 0 heterocycles. The Hall–Kier alpha value is -1.58. The van der Waals surface area contributed by atoms with Crippen molar-refractivity contribution in [2.75, 3.05) is 6.54 Å². The fourth-order valence-electron chi connectivity index (χ4n) is 1.49. The van der Waals surface area contributed by atoms with Gasteiger partial charge in [-0.1, -0.05) is 0 Å². The van der Waals surface area contributed by atoms with E-state index in [2.05, 4.69) is 5.32 Å². The summed E-state index contributed by atoms with van der Waals surface area (Å²) in [6.45, 7) is 2.18. The molecular formula is C12H14FNO2. The van der Waals surface area contributed by atoms with E-state index in [0.717, 1.165) is 12.8 Å². The summed E-state index contributed by atoms with van der Waals surface area (Å²) in [7, 11) is 0.